The van der Waals surface area contributed by atoms with Crippen molar-refractivity contribution in [2.75, 3.05) is 5.32 Å². The van der Waals surface area contributed by atoms with Crippen LogP contribution in [0.3, 0.4) is 0 Å². The molecule has 0 spiro atoms. The number of rotatable bonds is 2. The fraction of sp³-hybridized carbons (Fsp3) is 0. The summed E-state index contributed by atoms with van der Waals surface area (Å²) in [5.41, 5.74) is 0.348. The predicted octanol–water partition coefficient (Wildman–Crippen LogP) is 2.93. The molecule has 0 unspecified atom stereocenters. The fourth-order valence-corrected chi connectivity index (χ4v) is 1.83. The normalized spacial score (nSPS) is 10.1. The summed E-state index contributed by atoms with van der Waals surface area (Å²) in [6, 6.07) is 7.44. The lowest BCUT2D eigenvalue weighted by Gasteiger charge is -2.07. The molecular weight excluding hydrogens is 275 g/mol. The number of H-pyrrole nitrogens is 1. The van der Waals surface area contributed by atoms with Crippen LogP contribution in [0.25, 0.3) is 0 Å². The molecule has 2 N–H and O–H groups in total. The van der Waals surface area contributed by atoms with Gasteiger partial charge in [-0.15, -0.1) is 0 Å². The van der Waals surface area contributed by atoms with Gasteiger partial charge in [-0.1, -0.05) is 23.2 Å². The third kappa shape index (κ3) is 2.91. The first kappa shape index (κ1) is 12.7. The Kier molecular flexibility index (Phi) is 3.69. The molecule has 2 aromatic rings. The van der Waals surface area contributed by atoms with Gasteiger partial charge in [0.15, 0.2) is 0 Å². The van der Waals surface area contributed by atoms with E-state index in [-0.39, 0.29) is 11.1 Å². The molecule has 1 aromatic heterocycles. The van der Waals surface area contributed by atoms with Gasteiger partial charge in [-0.2, -0.15) is 0 Å². The van der Waals surface area contributed by atoms with Crippen LogP contribution in [0.1, 0.15) is 10.4 Å². The van der Waals surface area contributed by atoms with Crippen LogP contribution < -0.4 is 10.9 Å². The molecule has 92 valence electrons. The van der Waals surface area contributed by atoms with E-state index in [1.807, 2.05) is 0 Å². The van der Waals surface area contributed by atoms with Gasteiger partial charge in [0.25, 0.3) is 5.91 Å². The summed E-state index contributed by atoms with van der Waals surface area (Å²) in [6.07, 6.45) is 1.40. The Morgan fingerprint density at radius 3 is 2.61 bits per heavy atom. The molecular formula is C12H8Cl2N2O2. The summed E-state index contributed by atoms with van der Waals surface area (Å²) >= 11 is 11.7. The van der Waals surface area contributed by atoms with Gasteiger partial charge in [-0.05, 0) is 24.3 Å². The van der Waals surface area contributed by atoms with Gasteiger partial charge < -0.3 is 10.3 Å². The summed E-state index contributed by atoms with van der Waals surface area (Å²) in [7, 11) is 0. The lowest BCUT2D eigenvalue weighted by Crippen LogP contribution is -2.15. The minimum absolute atomic E-state index is 0.254. The maximum atomic E-state index is 11.8. The molecule has 18 heavy (non-hydrogen) atoms. The van der Waals surface area contributed by atoms with Crippen molar-refractivity contribution in [1.29, 1.82) is 0 Å². The minimum Gasteiger partial charge on any atom is -0.329 e. The molecule has 0 saturated carbocycles. The maximum absolute atomic E-state index is 11.8. The second-order valence-electron chi connectivity index (χ2n) is 3.52. The van der Waals surface area contributed by atoms with Crippen molar-refractivity contribution >= 4 is 34.8 Å². The van der Waals surface area contributed by atoms with E-state index in [2.05, 4.69) is 10.3 Å². The first-order valence-electron chi connectivity index (χ1n) is 5.01. The standard InChI is InChI=1S/C12H8Cl2N2O2/c13-8-1-2-10(9(14)6-8)16-12(18)7-3-4-15-11(17)5-7/h1-6H,(H,15,17)(H,16,18). The zero-order chi connectivity index (χ0) is 13.1. The number of carbonyl (C=O) groups is 1. The number of benzene rings is 1. The highest BCUT2D eigenvalue weighted by atomic mass is 35.5. The Morgan fingerprint density at radius 2 is 1.94 bits per heavy atom. The molecule has 6 heteroatoms. The number of aromatic amines is 1. The maximum Gasteiger partial charge on any atom is 0.255 e. The molecule has 1 aromatic carbocycles. The molecule has 0 atom stereocenters. The third-order valence-corrected chi connectivity index (χ3v) is 2.76. The van der Waals surface area contributed by atoms with E-state index >= 15 is 0 Å². The number of hydrogen-bond acceptors (Lipinski definition) is 2. The van der Waals surface area contributed by atoms with E-state index in [1.165, 1.54) is 24.4 Å². The van der Waals surface area contributed by atoms with E-state index in [0.717, 1.165) is 0 Å². The van der Waals surface area contributed by atoms with E-state index in [9.17, 15) is 9.59 Å². The Hall–Kier alpha value is -1.78. The van der Waals surface area contributed by atoms with Crippen LogP contribution in [0.2, 0.25) is 10.0 Å². The fourth-order valence-electron chi connectivity index (χ4n) is 1.37. The highest BCUT2D eigenvalue weighted by Gasteiger charge is 2.09. The quantitative estimate of drug-likeness (QED) is 0.890. The monoisotopic (exact) mass is 282 g/mol. The number of anilines is 1. The molecule has 1 amide bonds. The lowest BCUT2D eigenvalue weighted by molar-refractivity contribution is 0.102. The van der Waals surface area contributed by atoms with Crippen LogP contribution in [0, 0.1) is 0 Å². The zero-order valence-corrected chi connectivity index (χ0v) is 10.5. The van der Waals surface area contributed by atoms with Gasteiger partial charge in [-0.3, -0.25) is 9.59 Å². The topological polar surface area (TPSA) is 62.0 Å². The number of amides is 1. The van der Waals surface area contributed by atoms with Crippen molar-refractivity contribution in [1.82, 2.24) is 4.98 Å². The van der Waals surface area contributed by atoms with Gasteiger partial charge in [0.05, 0.1) is 10.7 Å². The average molecular weight is 283 g/mol. The minimum atomic E-state index is -0.412. The van der Waals surface area contributed by atoms with Gasteiger partial charge >= 0.3 is 0 Å². The van der Waals surface area contributed by atoms with Crippen LogP contribution in [0.15, 0.2) is 41.3 Å². The van der Waals surface area contributed by atoms with Crippen LogP contribution in [-0.4, -0.2) is 10.9 Å². The summed E-state index contributed by atoms with van der Waals surface area (Å²) < 4.78 is 0. The van der Waals surface area contributed by atoms with Gasteiger partial charge in [0, 0.05) is 22.8 Å². The number of pyridine rings is 1. The summed E-state index contributed by atoms with van der Waals surface area (Å²) in [5.74, 6) is -0.412. The van der Waals surface area contributed by atoms with Crippen molar-refractivity contribution in [2.24, 2.45) is 0 Å². The Labute approximate surface area is 113 Å². The molecule has 0 aliphatic rings. The lowest BCUT2D eigenvalue weighted by atomic mass is 10.2. The summed E-state index contributed by atoms with van der Waals surface area (Å²) in [5, 5.41) is 3.41. The van der Waals surface area contributed by atoms with Crippen LogP contribution in [-0.2, 0) is 0 Å². The second kappa shape index (κ2) is 5.25. The van der Waals surface area contributed by atoms with Crippen LogP contribution >= 0.6 is 23.2 Å². The van der Waals surface area contributed by atoms with E-state index in [0.29, 0.717) is 15.7 Å². The first-order chi connectivity index (χ1) is 8.56. The Balaban J connectivity index is 2.24. The molecule has 0 bridgehead atoms. The number of aromatic nitrogens is 1. The number of carbonyl (C=O) groups excluding carboxylic acids is 1. The number of halogens is 2. The summed E-state index contributed by atoms with van der Waals surface area (Å²) in [6.45, 7) is 0. The predicted molar refractivity (Wildman–Crippen MR) is 71.5 cm³/mol. The smallest absolute Gasteiger partial charge is 0.255 e. The molecule has 0 aliphatic carbocycles. The van der Waals surface area contributed by atoms with E-state index in [4.69, 9.17) is 23.2 Å². The first-order valence-corrected chi connectivity index (χ1v) is 5.77. The second-order valence-corrected chi connectivity index (χ2v) is 4.36. The van der Waals surface area contributed by atoms with Crippen LogP contribution in [0.5, 0.6) is 0 Å². The molecule has 0 fully saturated rings. The van der Waals surface area contributed by atoms with Crippen molar-refractivity contribution in [3.63, 3.8) is 0 Å². The molecule has 0 aliphatic heterocycles. The molecule has 1 heterocycles. The Bertz CT molecular complexity index is 653. The van der Waals surface area contributed by atoms with Gasteiger partial charge in [-0.25, -0.2) is 0 Å². The van der Waals surface area contributed by atoms with Gasteiger partial charge in [0.2, 0.25) is 5.56 Å². The number of nitrogens with one attached hydrogen (secondary N) is 2. The van der Waals surface area contributed by atoms with Crippen molar-refractivity contribution in [3.8, 4) is 0 Å². The highest BCUT2D eigenvalue weighted by Crippen LogP contribution is 2.25. The Morgan fingerprint density at radius 1 is 1.17 bits per heavy atom. The van der Waals surface area contributed by atoms with Crippen molar-refractivity contribution in [2.45, 2.75) is 0 Å². The number of hydrogen-bond donors (Lipinski definition) is 2. The van der Waals surface area contributed by atoms with E-state index < -0.39 is 5.91 Å². The molecule has 0 saturated heterocycles. The zero-order valence-electron chi connectivity index (χ0n) is 9.04. The van der Waals surface area contributed by atoms with E-state index in [1.54, 1.807) is 12.1 Å². The van der Waals surface area contributed by atoms with Gasteiger partial charge in [0.1, 0.15) is 0 Å². The average Bonchev–Trinajstić information content (AvgIpc) is 2.32. The van der Waals surface area contributed by atoms with Crippen LogP contribution in [0.4, 0.5) is 5.69 Å². The summed E-state index contributed by atoms with van der Waals surface area (Å²) in [4.78, 5) is 25.4. The SMILES string of the molecule is O=C(Nc1ccc(Cl)cc1Cl)c1cc[nH]c(=O)c1. The third-order valence-electron chi connectivity index (χ3n) is 2.22. The van der Waals surface area contributed by atoms with Crippen molar-refractivity contribution < 1.29 is 4.79 Å². The van der Waals surface area contributed by atoms with Crippen molar-refractivity contribution in [3.05, 3.63) is 62.5 Å². The molecule has 2 rings (SSSR count). The largest absolute Gasteiger partial charge is 0.329 e. The highest BCUT2D eigenvalue weighted by molar-refractivity contribution is 6.36. The molecule has 4 nitrogen and oxygen atoms in total. The molecule has 0 radical (unpaired) electrons.